The first-order chi connectivity index (χ1) is 12.7. The van der Waals surface area contributed by atoms with Crippen molar-refractivity contribution >= 4 is 22.5 Å². The lowest BCUT2D eigenvalue weighted by atomic mass is 9.94. The van der Waals surface area contributed by atoms with E-state index in [0.717, 1.165) is 35.3 Å². The Morgan fingerprint density at radius 1 is 0.962 bits per heavy atom. The summed E-state index contributed by atoms with van der Waals surface area (Å²) >= 11 is 6.32. The van der Waals surface area contributed by atoms with Crippen LogP contribution in [0, 0.1) is 0 Å². The minimum atomic E-state index is 0.624. The summed E-state index contributed by atoms with van der Waals surface area (Å²) in [6, 6.07) is 14.5. The van der Waals surface area contributed by atoms with Crippen LogP contribution in [-0.4, -0.2) is 14.5 Å². The average Bonchev–Trinajstić information content (AvgIpc) is 3.10. The first-order valence-corrected chi connectivity index (χ1v) is 9.29. The zero-order valence-corrected chi connectivity index (χ0v) is 15.7. The van der Waals surface area contributed by atoms with Gasteiger partial charge in [0.2, 0.25) is 0 Å². The van der Waals surface area contributed by atoms with Crippen LogP contribution >= 0.6 is 11.6 Å². The van der Waals surface area contributed by atoms with Crippen LogP contribution in [0.25, 0.3) is 28.0 Å². The van der Waals surface area contributed by atoms with Crippen molar-refractivity contribution in [3.8, 4) is 17.1 Å². The molecule has 0 fully saturated rings. The summed E-state index contributed by atoms with van der Waals surface area (Å²) in [6.07, 6.45) is 7.65. The molecule has 3 aromatic heterocycles. The molecule has 0 saturated carbocycles. The highest BCUT2D eigenvalue weighted by Gasteiger charge is 2.13. The highest BCUT2D eigenvalue weighted by molar-refractivity contribution is 6.32. The van der Waals surface area contributed by atoms with Crippen LogP contribution in [0.4, 0.5) is 0 Å². The van der Waals surface area contributed by atoms with Crippen molar-refractivity contribution in [1.29, 1.82) is 0 Å². The highest BCUT2D eigenvalue weighted by Crippen LogP contribution is 2.31. The molecule has 3 heterocycles. The van der Waals surface area contributed by atoms with Crippen LogP contribution < -0.4 is 0 Å². The second-order valence-corrected chi connectivity index (χ2v) is 6.69. The minimum absolute atomic E-state index is 0.624. The van der Waals surface area contributed by atoms with Crippen LogP contribution in [0.3, 0.4) is 0 Å². The van der Waals surface area contributed by atoms with Gasteiger partial charge in [-0.05, 0) is 48.2 Å². The van der Waals surface area contributed by atoms with Crippen molar-refractivity contribution in [3.63, 3.8) is 0 Å². The Morgan fingerprint density at radius 3 is 2.42 bits per heavy atom. The standard InChI is InChI=1S/C22H20ClN3/c1-3-15-7-5-8-16(4-2)21(15)19-13-17-10-12-26(20(17)14-25-19)22-18(23)9-6-11-24-22/h5-14H,3-4H2,1-2H3. The molecule has 4 rings (SSSR count). The number of halogens is 1. The number of nitrogens with zero attached hydrogens (tertiary/aromatic N) is 3. The third kappa shape index (κ3) is 2.78. The Bertz CT molecular complexity index is 1060. The Kier molecular flexibility index (Phi) is 4.48. The molecule has 0 unspecified atom stereocenters. The topological polar surface area (TPSA) is 30.7 Å². The smallest absolute Gasteiger partial charge is 0.155 e. The zero-order chi connectivity index (χ0) is 18.1. The van der Waals surface area contributed by atoms with Gasteiger partial charge in [0.05, 0.1) is 22.4 Å². The summed E-state index contributed by atoms with van der Waals surface area (Å²) in [4.78, 5) is 9.20. The maximum Gasteiger partial charge on any atom is 0.155 e. The van der Waals surface area contributed by atoms with Crippen LogP contribution in [0.5, 0.6) is 0 Å². The van der Waals surface area contributed by atoms with E-state index < -0.39 is 0 Å². The van der Waals surface area contributed by atoms with Gasteiger partial charge in [-0.3, -0.25) is 9.55 Å². The number of pyridine rings is 2. The normalized spacial score (nSPS) is 11.2. The van der Waals surface area contributed by atoms with Gasteiger partial charge >= 0.3 is 0 Å². The Balaban J connectivity index is 1.88. The molecule has 4 heteroatoms. The second-order valence-electron chi connectivity index (χ2n) is 6.28. The van der Waals surface area contributed by atoms with E-state index in [4.69, 9.17) is 16.6 Å². The van der Waals surface area contributed by atoms with Crippen LogP contribution in [0.15, 0.2) is 61.1 Å². The first-order valence-electron chi connectivity index (χ1n) is 8.92. The molecule has 3 nitrogen and oxygen atoms in total. The number of aromatic nitrogens is 3. The molecule has 0 N–H and O–H groups in total. The monoisotopic (exact) mass is 361 g/mol. The molecule has 0 aliphatic rings. The molecule has 26 heavy (non-hydrogen) atoms. The van der Waals surface area contributed by atoms with E-state index in [-0.39, 0.29) is 0 Å². The summed E-state index contributed by atoms with van der Waals surface area (Å²) in [5.74, 6) is 0.724. The molecule has 4 aromatic rings. The molecule has 0 radical (unpaired) electrons. The van der Waals surface area contributed by atoms with Gasteiger partial charge in [0.25, 0.3) is 0 Å². The third-order valence-electron chi connectivity index (χ3n) is 4.80. The summed E-state index contributed by atoms with van der Waals surface area (Å²) < 4.78 is 1.99. The molecule has 0 saturated heterocycles. The predicted octanol–water partition coefficient (Wildman–Crippen LogP) is 5.87. The first kappa shape index (κ1) is 16.8. The number of hydrogen-bond donors (Lipinski definition) is 0. The lowest BCUT2D eigenvalue weighted by Gasteiger charge is -2.13. The predicted molar refractivity (Wildman–Crippen MR) is 108 cm³/mol. The lowest BCUT2D eigenvalue weighted by molar-refractivity contribution is 1.04. The molecule has 0 amide bonds. The lowest BCUT2D eigenvalue weighted by Crippen LogP contribution is -1.98. The molecule has 0 aliphatic carbocycles. The van der Waals surface area contributed by atoms with Gasteiger partial charge in [0.1, 0.15) is 0 Å². The van der Waals surface area contributed by atoms with E-state index in [2.05, 4.69) is 49.2 Å². The van der Waals surface area contributed by atoms with Crippen molar-refractivity contribution < 1.29 is 0 Å². The van der Waals surface area contributed by atoms with Crippen molar-refractivity contribution in [3.05, 3.63) is 77.2 Å². The molecule has 0 atom stereocenters. The highest BCUT2D eigenvalue weighted by atomic mass is 35.5. The van der Waals surface area contributed by atoms with Crippen LogP contribution in [0.1, 0.15) is 25.0 Å². The van der Waals surface area contributed by atoms with Crippen molar-refractivity contribution in [2.75, 3.05) is 0 Å². The number of benzene rings is 1. The van der Waals surface area contributed by atoms with E-state index in [1.165, 1.54) is 16.7 Å². The fraction of sp³-hybridized carbons (Fsp3) is 0.182. The number of aryl methyl sites for hydroxylation is 2. The molecule has 0 aliphatic heterocycles. The second kappa shape index (κ2) is 6.93. The fourth-order valence-corrected chi connectivity index (χ4v) is 3.69. The zero-order valence-electron chi connectivity index (χ0n) is 14.9. The van der Waals surface area contributed by atoms with Gasteiger partial charge in [-0.2, -0.15) is 0 Å². The Hall–Kier alpha value is -2.65. The maximum absolute atomic E-state index is 6.32. The van der Waals surface area contributed by atoms with Crippen LogP contribution in [-0.2, 0) is 12.8 Å². The van der Waals surface area contributed by atoms with Gasteiger partial charge in [0, 0.05) is 23.3 Å². The van der Waals surface area contributed by atoms with E-state index in [9.17, 15) is 0 Å². The van der Waals surface area contributed by atoms with E-state index >= 15 is 0 Å². The summed E-state index contributed by atoms with van der Waals surface area (Å²) in [5, 5.41) is 1.75. The Labute approximate surface area is 158 Å². The number of rotatable bonds is 4. The molecule has 0 spiro atoms. The van der Waals surface area contributed by atoms with Crippen LogP contribution in [0.2, 0.25) is 5.02 Å². The summed E-state index contributed by atoms with van der Waals surface area (Å²) in [6.45, 7) is 4.38. The molecule has 130 valence electrons. The van der Waals surface area contributed by atoms with E-state index in [1.807, 2.05) is 29.1 Å². The SMILES string of the molecule is CCc1cccc(CC)c1-c1cc2ccn(-c3ncccc3Cl)c2cn1. The number of hydrogen-bond acceptors (Lipinski definition) is 2. The molecular weight excluding hydrogens is 342 g/mol. The molecule has 1 aromatic carbocycles. The average molecular weight is 362 g/mol. The largest absolute Gasteiger partial charge is 0.298 e. The summed E-state index contributed by atoms with van der Waals surface area (Å²) in [5.41, 5.74) is 5.97. The van der Waals surface area contributed by atoms with Crippen molar-refractivity contribution in [1.82, 2.24) is 14.5 Å². The van der Waals surface area contributed by atoms with E-state index in [0.29, 0.717) is 5.02 Å². The van der Waals surface area contributed by atoms with Gasteiger partial charge < -0.3 is 0 Å². The third-order valence-corrected chi connectivity index (χ3v) is 5.09. The minimum Gasteiger partial charge on any atom is -0.298 e. The van der Waals surface area contributed by atoms with Gasteiger partial charge in [-0.15, -0.1) is 0 Å². The molecule has 0 bridgehead atoms. The van der Waals surface area contributed by atoms with Crippen molar-refractivity contribution in [2.45, 2.75) is 26.7 Å². The van der Waals surface area contributed by atoms with Gasteiger partial charge in [-0.25, -0.2) is 4.98 Å². The Morgan fingerprint density at radius 2 is 1.73 bits per heavy atom. The van der Waals surface area contributed by atoms with Gasteiger partial charge in [0.15, 0.2) is 5.82 Å². The maximum atomic E-state index is 6.32. The fourth-order valence-electron chi connectivity index (χ4n) is 3.48. The van der Waals surface area contributed by atoms with E-state index in [1.54, 1.807) is 6.20 Å². The quantitative estimate of drug-likeness (QED) is 0.455. The van der Waals surface area contributed by atoms with Gasteiger partial charge in [-0.1, -0.05) is 43.6 Å². The number of fused-ring (bicyclic) bond motifs is 1. The summed E-state index contributed by atoms with van der Waals surface area (Å²) in [7, 11) is 0. The molecular formula is C22H20ClN3. The van der Waals surface area contributed by atoms with Crippen molar-refractivity contribution in [2.24, 2.45) is 0 Å².